The second-order valence-corrected chi connectivity index (χ2v) is 5.01. The number of hydrogen-bond donors (Lipinski definition) is 1. The number of esters is 1. The van der Waals surface area contributed by atoms with Crippen molar-refractivity contribution in [2.75, 3.05) is 0 Å². The molecule has 0 saturated carbocycles. The molecule has 0 saturated heterocycles. The van der Waals surface area contributed by atoms with Crippen molar-refractivity contribution in [3.05, 3.63) is 82.3 Å². The highest BCUT2D eigenvalue weighted by Gasteiger charge is 2.10. The highest BCUT2D eigenvalue weighted by molar-refractivity contribution is 5.89. The van der Waals surface area contributed by atoms with Crippen molar-refractivity contribution >= 4 is 5.97 Å². The highest BCUT2D eigenvalue weighted by Crippen LogP contribution is 2.11. The van der Waals surface area contributed by atoms with Crippen molar-refractivity contribution in [1.29, 1.82) is 0 Å². The standard InChI is InChI=1S/C17H15N3O3/c1-12-10-19-17(22)20(12)15-7-5-13(6-8-15)16(21)23-11-14-4-2-3-9-18-14/h2-10H,11H2,1H3,(H,19,22). The molecule has 2 heterocycles. The SMILES string of the molecule is Cc1c[nH]c(=O)n1-c1ccc(C(=O)OCc2ccccn2)cc1. The molecular weight excluding hydrogens is 294 g/mol. The minimum atomic E-state index is -0.430. The molecule has 3 aromatic rings. The van der Waals surface area contributed by atoms with Crippen LogP contribution < -0.4 is 5.69 Å². The second kappa shape index (κ2) is 6.31. The quantitative estimate of drug-likeness (QED) is 0.750. The van der Waals surface area contributed by atoms with Crippen LogP contribution in [0.5, 0.6) is 0 Å². The van der Waals surface area contributed by atoms with E-state index in [1.165, 1.54) is 4.57 Å². The molecule has 0 spiro atoms. The first-order valence-corrected chi connectivity index (χ1v) is 7.09. The minimum absolute atomic E-state index is 0.123. The molecule has 23 heavy (non-hydrogen) atoms. The fourth-order valence-corrected chi connectivity index (χ4v) is 2.23. The van der Waals surface area contributed by atoms with Crippen LogP contribution in [0.2, 0.25) is 0 Å². The largest absolute Gasteiger partial charge is 0.456 e. The first-order valence-electron chi connectivity index (χ1n) is 7.09. The van der Waals surface area contributed by atoms with Crippen molar-refractivity contribution in [1.82, 2.24) is 14.5 Å². The van der Waals surface area contributed by atoms with E-state index in [2.05, 4.69) is 9.97 Å². The summed E-state index contributed by atoms with van der Waals surface area (Å²) in [7, 11) is 0. The van der Waals surface area contributed by atoms with Gasteiger partial charge in [0, 0.05) is 18.1 Å². The number of H-pyrrole nitrogens is 1. The van der Waals surface area contributed by atoms with Crippen LogP contribution in [0.15, 0.2) is 59.7 Å². The molecule has 2 aromatic heterocycles. The maximum Gasteiger partial charge on any atom is 0.338 e. The van der Waals surface area contributed by atoms with E-state index in [0.717, 1.165) is 5.69 Å². The number of aryl methyl sites for hydroxylation is 1. The number of nitrogens with zero attached hydrogens (tertiary/aromatic N) is 2. The van der Waals surface area contributed by atoms with Gasteiger partial charge in [-0.15, -0.1) is 0 Å². The van der Waals surface area contributed by atoms with Crippen LogP contribution in [0, 0.1) is 6.92 Å². The van der Waals surface area contributed by atoms with Crippen molar-refractivity contribution < 1.29 is 9.53 Å². The fraction of sp³-hybridized carbons (Fsp3) is 0.118. The van der Waals surface area contributed by atoms with Crippen LogP contribution in [0.25, 0.3) is 5.69 Å². The molecule has 0 bridgehead atoms. The molecular formula is C17H15N3O3. The number of carbonyl (C=O) groups excluding carboxylic acids is 1. The van der Waals surface area contributed by atoms with Crippen molar-refractivity contribution in [2.24, 2.45) is 0 Å². The number of pyridine rings is 1. The fourth-order valence-electron chi connectivity index (χ4n) is 2.23. The molecule has 1 aromatic carbocycles. The lowest BCUT2D eigenvalue weighted by atomic mass is 10.2. The van der Waals surface area contributed by atoms with E-state index < -0.39 is 5.97 Å². The number of rotatable bonds is 4. The van der Waals surface area contributed by atoms with E-state index in [1.54, 1.807) is 48.8 Å². The number of aromatic amines is 1. The maximum absolute atomic E-state index is 12.0. The summed E-state index contributed by atoms with van der Waals surface area (Å²) in [4.78, 5) is 30.5. The molecule has 0 aliphatic heterocycles. The topological polar surface area (TPSA) is 77.0 Å². The van der Waals surface area contributed by atoms with Gasteiger partial charge < -0.3 is 9.72 Å². The van der Waals surface area contributed by atoms with Crippen LogP contribution in [0.4, 0.5) is 0 Å². The lowest BCUT2D eigenvalue weighted by Crippen LogP contribution is -2.16. The number of hydrogen-bond acceptors (Lipinski definition) is 4. The molecule has 3 rings (SSSR count). The first-order chi connectivity index (χ1) is 11.1. The van der Waals surface area contributed by atoms with Gasteiger partial charge in [-0.3, -0.25) is 9.55 Å². The van der Waals surface area contributed by atoms with Crippen molar-refractivity contribution in [3.63, 3.8) is 0 Å². The van der Waals surface area contributed by atoms with Gasteiger partial charge in [0.05, 0.1) is 16.9 Å². The number of imidazole rings is 1. The lowest BCUT2D eigenvalue weighted by molar-refractivity contribution is 0.0468. The van der Waals surface area contributed by atoms with Gasteiger partial charge in [-0.2, -0.15) is 0 Å². The third-order valence-electron chi connectivity index (χ3n) is 3.40. The third kappa shape index (κ3) is 3.21. The van der Waals surface area contributed by atoms with Crippen molar-refractivity contribution in [2.45, 2.75) is 13.5 Å². The van der Waals surface area contributed by atoms with Gasteiger partial charge >= 0.3 is 11.7 Å². The van der Waals surface area contributed by atoms with Crippen LogP contribution in [-0.4, -0.2) is 20.5 Å². The summed E-state index contributed by atoms with van der Waals surface area (Å²) in [5.41, 5.74) is 2.38. The molecule has 0 fully saturated rings. The number of aromatic nitrogens is 3. The number of ether oxygens (including phenoxy) is 1. The van der Waals surface area contributed by atoms with Gasteiger partial charge in [0.2, 0.25) is 0 Å². The second-order valence-electron chi connectivity index (χ2n) is 5.01. The Balaban J connectivity index is 1.72. The Hall–Kier alpha value is -3.15. The van der Waals surface area contributed by atoms with Gasteiger partial charge in [0.1, 0.15) is 6.61 Å². The zero-order valence-electron chi connectivity index (χ0n) is 12.5. The summed E-state index contributed by atoms with van der Waals surface area (Å²) in [5, 5.41) is 0. The van der Waals surface area contributed by atoms with E-state index in [1.807, 2.05) is 13.0 Å². The Bertz CT molecular complexity index is 864. The lowest BCUT2D eigenvalue weighted by Gasteiger charge is -2.07. The zero-order chi connectivity index (χ0) is 16.2. The molecule has 0 radical (unpaired) electrons. The monoisotopic (exact) mass is 309 g/mol. The Morgan fingerprint density at radius 1 is 1.22 bits per heavy atom. The smallest absolute Gasteiger partial charge is 0.338 e. The van der Waals surface area contributed by atoms with Crippen LogP contribution in [0.1, 0.15) is 21.7 Å². The number of carbonyl (C=O) groups is 1. The van der Waals surface area contributed by atoms with Crippen LogP contribution in [-0.2, 0) is 11.3 Å². The summed E-state index contributed by atoms with van der Waals surface area (Å²) in [6.45, 7) is 1.95. The van der Waals surface area contributed by atoms with Gasteiger partial charge in [-0.25, -0.2) is 9.59 Å². The average molecular weight is 309 g/mol. The molecule has 0 aliphatic rings. The molecule has 1 N–H and O–H groups in total. The summed E-state index contributed by atoms with van der Waals surface area (Å²) in [5.74, 6) is -0.430. The van der Waals surface area contributed by atoms with Gasteiger partial charge in [-0.05, 0) is 43.3 Å². The summed E-state index contributed by atoms with van der Waals surface area (Å²) < 4.78 is 6.75. The van der Waals surface area contributed by atoms with Gasteiger partial charge in [0.15, 0.2) is 0 Å². The van der Waals surface area contributed by atoms with E-state index >= 15 is 0 Å². The maximum atomic E-state index is 12.0. The summed E-state index contributed by atoms with van der Waals surface area (Å²) in [6, 6.07) is 12.1. The van der Waals surface area contributed by atoms with E-state index in [9.17, 15) is 9.59 Å². The number of nitrogens with one attached hydrogen (secondary N) is 1. The molecule has 116 valence electrons. The molecule has 6 heteroatoms. The first kappa shape index (κ1) is 14.8. The molecule has 0 aliphatic carbocycles. The van der Waals surface area contributed by atoms with Gasteiger partial charge in [-0.1, -0.05) is 6.07 Å². The average Bonchev–Trinajstić information content (AvgIpc) is 2.92. The van der Waals surface area contributed by atoms with Crippen LogP contribution >= 0.6 is 0 Å². The Kier molecular flexibility index (Phi) is 4.05. The van der Waals surface area contributed by atoms with Gasteiger partial charge in [0.25, 0.3) is 0 Å². The van der Waals surface area contributed by atoms with Crippen molar-refractivity contribution in [3.8, 4) is 5.69 Å². The summed E-state index contributed by atoms with van der Waals surface area (Å²) >= 11 is 0. The van der Waals surface area contributed by atoms with Crippen LogP contribution in [0.3, 0.4) is 0 Å². The highest BCUT2D eigenvalue weighted by atomic mass is 16.5. The zero-order valence-corrected chi connectivity index (χ0v) is 12.5. The van der Waals surface area contributed by atoms with E-state index in [4.69, 9.17) is 4.74 Å². The minimum Gasteiger partial charge on any atom is -0.456 e. The molecule has 0 amide bonds. The predicted octanol–water partition coefficient (Wildman–Crippen LogP) is 2.23. The van der Waals surface area contributed by atoms with E-state index in [-0.39, 0.29) is 12.3 Å². The number of benzene rings is 1. The Morgan fingerprint density at radius 2 is 2.00 bits per heavy atom. The molecule has 0 unspecified atom stereocenters. The molecule has 6 nitrogen and oxygen atoms in total. The summed E-state index contributed by atoms with van der Waals surface area (Å²) in [6.07, 6.45) is 3.28. The third-order valence-corrected chi connectivity index (χ3v) is 3.40. The molecule has 0 atom stereocenters. The predicted molar refractivity (Wildman–Crippen MR) is 84.5 cm³/mol. The normalized spacial score (nSPS) is 10.5. The Morgan fingerprint density at radius 3 is 2.61 bits per heavy atom. The van der Waals surface area contributed by atoms with E-state index in [0.29, 0.717) is 16.9 Å². The Labute approximate surface area is 132 Å².